The van der Waals surface area contributed by atoms with Gasteiger partial charge >= 0.3 is 0 Å². The summed E-state index contributed by atoms with van der Waals surface area (Å²) in [5.74, 6) is -3.69. The molecular formula is C13H15F3O. The van der Waals surface area contributed by atoms with Crippen LogP contribution in [0.25, 0.3) is 0 Å². The van der Waals surface area contributed by atoms with Crippen molar-refractivity contribution in [1.29, 1.82) is 0 Å². The first kappa shape index (κ1) is 12.4. The molecule has 1 N–H and O–H groups in total. The lowest BCUT2D eigenvalue weighted by molar-refractivity contribution is 0.0124. The maximum Gasteiger partial charge on any atom is 0.194 e. The highest BCUT2D eigenvalue weighted by Crippen LogP contribution is 2.39. The molecule has 1 nitrogen and oxygen atoms in total. The fourth-order valence-electron chi connectivity index (χ4n) is 2.31. The van der Waals surface area contributed by atoms with Gasteiger partial charge in [0.2, 0.25) is 0 Å². The van der Waals surface area contributed by atoms with Crippen molar-refractivity contribution in [1.82, 2.24) is 0 Å². The van der Waals surface area contributed by atoms with Crippen LogP contribution in [0.5, 0.6) is 0 Å². The van der Waals surface area contributed by atoms with E-state index in [0.29, 0.717) is 12.3 Å². The molecule has 1 unspecified atom stereocenters. The third-order valence-corrected chi connectivity index (χ3v) is 3.53. The number of hydrogen-bond acceptors (Lipinski definition) is 1. The normalized spacial score (nSPS) is 19.8. The highest BCUT2D eigenvalue weighted by Gasteiger charge is 2.33. The Morgan fingerprint density at radius 1 is 1.24 bits per heavy atom. The van der Waals surface area contributed by atoms with Gasteiger partial charge in [-0.1, -0.05) is 25.3 Å². The van der Waals surface area contributed by atoms with Crippen LogP contribution in [-0.4, -0.2) is 5.11 Å². The van der Waals surface area contributed by atoms with E-state index in [-0.39, 0.29) is 5.56 Å². The molecule has 1 fully saturated rings. The molecule has 0 spiro atoms. The van der Waals surface area contributed by atoms with E-state index in [9.17, 15) is 18.3 Å². The quantitative estimate of drug-likeness (QED) is 0.807. The largest absolute Gasteiger partial charge is 0.385 e. The Morgan fingerprint density at radius 2 is 1.88 bits per heavy atom. The van der Waals surface area contributed by atoms with Crippen LogP contribution >= 0.6 is 0 Å². The number of hydrogen-bond donors (Lipinski definition) is 1. The third kappa shape index (κ3) is 2.32. The van der Waals surface area contributed by atoms with Crippen molar-refractivity contribution < 1.29 is 18.3 Å². The summed E-state index contributed by atoms with van der Waals surface area (Å²) in [6, 6.07) is 1.97. The molecule has 0 aromatic heterocycles. The van der Waals surface area contributed by atoms with Crippen molar-refractivity contribution in [3.8, 4) is 0 Å². The molecule has 0 aliphatic heterocycles. The second-order valence-electron chi connectivity index (χ2n) is 5.00. The van der Waals surface area contributed by atoms with E-state index in [1.54, 1.807) is 0 Å². The van der Waals surface area contributed by atoms with Gasteiger partial charge in [-0.05, 0) is 25.3 Å². The maximum atomic E-state index is 13.6. The molecule has 0 saturated heterocycles. The van der Waals surface area contributed by atoms with E-state index in [1.807, 2.05) is 0 Å². The molecule has 1 aliphatic rings. The fraction of sp³-hybridized carbons (Fsp3) is 0.538. The summed E-state index contributed by atoms with van der Waals surface area (Å²) in [5.41, 5.74) is -1.60. The van der Waals surface area contributed by atoms with E-state index in [0.717, 1.165) is 31.4 Å². The van der Waals surface area contributed by atoms with Gasteiger partial charge in [0.05, 0.1) is 5.60 Å². The second kappa shape index (κ2) is 4.33. The summed E-state index contributed by atoms with van der Waals surface area (Å²) in [4.78, 5) is 0. The average molecular weight is 244 g/mol. The van der Waals surface area contributed by atoms with Crippen molar-refractivity contribution in [3.63, 3.8) is 0 Å². The van der Waals surface area contributed by atoms with Crippen LogP contribution in [0.2, 0.25) is 0 Å². The first-order valence-electron chi connectivity index (χ1n) is 5.78. The van der Waals surface area contributed by atoms with Crippen LogP contribution in [0.1, 0.15) is 38.2 Å². The van der Waals surface area contributed by atoms with E-state index in [1.165, 1.54) is 6.92 Å². The van der Waals surface area contributed by atoms with Crippen molar-refractivity contribution in [2.45, 2.75) is 38.2 Å². The van der Waals surface area contributed by atoms with Gasteiger partial charge in [0.25, 0.3) is 0 Å². The number of rotatable bonds is 3. The second-order valence-corrected chi connectivity index (χ2v) is 5.00. The van der Waals surface area contributed by atoms with E-state index < -0.39 is 23.1 Å². The molecule has 17 heavy (non-hydrogen) atoms. The minimum Gasteiger partial charge on any atom is -0.385 e. The van der Waals surface area contributed by atoms with Crippen LogP contribution in [-0.2, 0) is 5.60 Å². The molecule has 1 saturated carbocycles. The molecular weight excluding hydrogens is 229 g/mol. The Kier molecular flexibility index (Phi) is 3.17. The zero-order valence-electron chi connectivity index (χ0n) is 9.64. The first-order chi connectivity index (χ1) is 7.92. The third-order valence-electron chi connectivity index (χ3n) is 3.53. The lowest BCUT2D eigenvalue weighted by Gasteiger charge is -2.33. The molecule has 0 heterocycles. The monoisotopic (exact) mass is 244 g/mol. The SMILES string of the molecule is CC(O)(CC1CCC1)c1ccc(F)c(F)c1F. The smallest absolute Gasteiger partial charge is 0.194 e. The van der Waals surface area contributed by atoms with Crippen LogP contribution in [0, 0.1) is 23.4 Å². The van der Waals surface area contributed by atoms with Gasteiger partial charge in [0, 0.05) is 5.56 Å². The summed E-state index contributed by atoms with van der Waals surface area (Å²) >= 11 is 0. The van der Waals surface area contributed by atoms with Gasteiger partial charge in [0.15, 0.2) is 17.5 Å². The summed E-state index contributed by atoms with van der Waals surface area (Å²) < 4.78 is 39.4. The van der Waals surface area contributed by atoms with Crippen LogP contribution in [0.3, 0.4) is 0 Å². The first-order valence-corrected chi connectivity index (χ1v) is 5.78. The summed E-state index contributed by atoms with van der Waals surface area (Å²) in [6.45, 7) is 1.45. The van der Waals surface area contributed by atoms with E-state index in [4.69, 9.17) is 0 Å². The lowest BCUT2D eigenvalue weighted by atomic mass is 9.75. The molecule has 1 aromatic rings. The average Bonchev–Trinajstić information content (AvgIpc) is 2.20. The van der Waals surface area contributed by atoms with Crippen molar-refractivity contribution in [3.05, 3.63) is 35.1 Å². The van der Waals surface area contributed by atoms with Gasteiger partial charge in [-0.15, -0.1) is 0 Å². The highest BCUT2D eigenvalue weighted by atomic mass is 19.2. The fourth-order valence-corrected chi connectivity index (χ4v) is 2.31. The van der Waals surface area contributed by atoms with Gasteiger partial charge in [-0.25, -0.2) is 13.2 Å². The zero-order valence-corrected chi connectivity index (χ0v) is 9.64. The van der Waals surface area contributed by atoms with Gasteiger partial charge < -0.3 is 5.11 Å². The predicted molar refractivity (Wildman–Crippen MR) is 57.8 cm³/mol. The van der Waals surface area contributed by atoms with Crippen molar-refractivity contribution in [2.75, 3.05) is 0 Å². The van der Waals surface area contributed by atoms with E-state index >= 15 is 0 Å². The molecule has 94 valence electrons. The molecule has 2 rings (SSSR count). The number of halogens is 3. The highest BCUT2D eigenvalue weighted by molar-refractivity contribution is 5.26. The van der Waals surface area contributed by atoms with Crippen LogP contribution < -0.4 is 0 Å². The number of aliphatic hydroxyl groups is 1. The molecule has 1 atom stereocenters. The molecule has 0 radical (unpaired) electrons. The minimum atomic E-state index is -1.52. The van der Waals surface area contributed by atoms with E-state index in [2.05, 4.69) is 0 Å². The van der Waals surface area contributed by atoms with Crippen LogP contribution in [0.4, 0.5) is 13.2 Å². The molecule has 4 heteroatoms. The standard InChI is InChI=1S/C13H15F3O/c1-13(17,7-8-3-2-4-8)9-5-6-10(14)12(16)11(9)15/h5-6,8,17H,2-4,7H2,1H3. The minimum absolute atomic E-state index is 0.164. The van der Waals surface area contributed by atoms with Crippen molar-refractivity contribution >= 4 is 0 Å². The lowest BCUT2D eigenvalue weighted by Crippen LogP contribution is -2.29. The molecule has 0 bridgehead atoms. The summed E-state index contributed by atoms with van der Waals surface area (Å²) in [5, 5.41) is 10.2. The maximum absolute atomic E-state index is 13.6. The van der Waals surface area contributed by atoms with Gasteiger partial charge in [0.1, 0.15) is 0 Å². The zero-order chi connectivity index (χ0) is 12.6. The number of benzene rings is 1. The Hall–Kier alpha value is -1.03. The Labute approximate surface area is 98.3 Å². The topological polar surface area (TPSA) is 20.2 Å². The predicted octanol–water partition coefficient (Wildman–Crippen LogP) is 3.50. The molecule has 1 aliphatic carbocycles. The van der Waals surface area contributed by atoms with Crippen molar-refractivity contribution in [2.24, 2.45) is 5.92 Å². The van der Waals surface area contributed by atoms with Crippen LogP contribution in [0.15, 0.2) is 12.1 Å². The van der Waals surface area contributed by atoms with Gasteiger partial charge in [-0.2, -0.15) is 0 Å². The molecule has 1 aromatic carbocycles. The summed E-state index contributed by atoms with van der Waals surface area (Å²) in [7, 11) is 0. The Bertz CT molecular complexity index is 425. The molecule has 0 amide bonds. The van der Waals surface area contributed by atoms with Gasteiger partial charge in [-0.3, -0.25) is 0 Å². The Balaban J connectivity index is 2.28. The summed E-state index contributed by atoms with van der Waals surface area (Å²) in [6.07, 6.45) is 3.50. The Morgan fingerprint density at radius 3 is 2.41 bits per heavy atom.